The molecule has 7 heteroatoms. The van der Waals surface area contributed by atoms with Crippen LogP contribution in [0.25, 0.3) is 11.4 Å². The first-order valence-electron chi connectivity index (χ1n) is 5.04. The predicted molar refractivity (Wildman–Crippen MR) is 66.8 cm³/mol. The summed E-state index contributed by atoms with van der Waals surface area (Å²) in [6, 6.07) is 5.15. The minimum Gasteiger partial charge on any atom is -0.465 e. The van der Waals surface area contributed by atoms with Gasteiger partial charge in [-0.3, -0.25) is 0 Å². The molecule has 0 amide bonds. The lowest BCUT2D eigenvalue weighted by Crippen LogP contribution is -2.07. The number of rotatable bonds is 2. The van der Waals surface area contributed by atoms with Gasteiger partial charge in [0.2, 0.25) is 5.82 Å². The summed E-state index contributed by atoms with van der Waals surface area (Å²) in [6.45, 7) is 1.69. The smallest absolute Gasteiger partial charge is 0.338 e. The van der Waals surface area contributed by atoms with Gasteiger partial charge in [0.15, 0.2) is 5.82 Å². The number of benzene rings is 1. The summed E-state index contributed by atoms with van der Waals surface area (Å²) in [5.41, 5.74) is 0.878. The van der Waals surface area contributed by atoms with Crippen molar-refractivity contribution in [2.45, 2.75) is 6.92 Å². The third kappa shape index (κ3) is 2.35. The number of aromatic nitrogens is 4. The number of carbonyl (C=O) groups excluding carboxylic acids is 1. The number of nitrogens with zero attached hydrogens (tertiary/aromatic N) is 4. The number of esters is 1. The zero-order valence-electron chi connectivity index (χ0n) is 9.72. The number of carbonyl (C=O) groups is 1. The number of hydrogen-bond acceptors (Lipinski definition) is 6. The SMILES string of the molecule is COC(=O)c1cccc(Br)c1-c1nnc(C)nn1. The van der Waals surface area contributed by atoms with Gasteiger partial charge in [0.25, 0.3) is 0 Å². The highest BCUT2D eigenvalue weighted by Crippen LogP contribution is 2.29. The Morgan fingerprint density at radius 1 is 1.22 bits per heavy atom. The molecule has 0 unspecified atom stereocenters. The van der Waals surface area contributed by atoms with Crippen LogP contribution < -0.4 is 0 Å². The second kappa shape index (κ2) is 5.18. The Labute approximate surface area is 112 Å². The number of hydrogen-bond donors (Lipinski definition) is 0. The number of aryl methyl sites for hydroxylation is 1. The van der Waals surface area contributed by atoms with Crippen LogP contribution in [0.5, 0.6) is 0 Å². The Morgan fingerprint density at radius 2 is 1.89 bits per heavy atom. The minimum absolute atomic E-state index is 0.272. The van der Waals surface area contributed by atoms with E-state index in [1.807, 2.05) is 0 Å². The van der Waals surface area contributed by atoms with Gasteiger partial charge in [-0.25, -0.2) is 4.79 Å². The highest BCUT2D eigenvalue weighted by atomic mass is 79.9. The maximum Gasteiger partial charge on any atom is 0.338 e. The van der Waals surface area contributed by atoms with Gasteiger partial charge < -0.3 is 4.74 Å². The molecule has 0 aliphatic carbocycles. The zero-order chi connectivity index (χ0) is 13.1. The van der Waals surface area contributed by atoms with E-state index in [2.05, 4.69) is 36.3 Å². The maximum absolute atomic E-state index is 11.7. The van der Waals surface area contributed by atoms with Crippen LogP contribution in [0.4, 0.5) is 0 Å². The van der Waals surface area contributed by atoms with Crippen LogP contribution in [0.2, 0.25) is 0 Å². The molecule has 0 saturated heterocycles. The van der Waals surface area contributed by atoms with Gasteiger partial charge in [0.05, 0.1) is 18.2 Å². The van der Waals surface area contributed by atoms with E-state index in [1.54, 1.807) is 25.1 Å². The van der Waals surface area contributed by atoms with Crippen molar-refractivity contribution in [3.05, 3.63) is 34.1 Å². The second-order valence-electron chi connectivity index (χ2n) is 3.42. The summed E-state index contributed by atoms with van der Waals surface area (Å²) in [4.78, 5) is 11.7. The molecule has 1 heterocycles. The summed E-state index contributed by atoms with van der Waals surface area (Å²) in [6.07, 6.45) is 0. The molecule has 0 fully saturated rings. The molecule has 0 aliphatic rings. The van der Waals surface area contributed by atoms with E-state index in [4.69, 9.17) is 4.74 Å². The fourth-order valence-electron chi connectivity index (χ4n) is 1.41. The largest absolute Gasteiger partial charge is 0.465 e. The van der Waals surface area contributed by atoms with E-state index < -0.39 is 5.97 Å². The summed E-state index contributed by atoms with van der Waals surface area (Å²) in [5.74, 6) is 0.273. The van der Waals surface area contributed by atoms with Crippen LogP contribution in [-0.2, 0) is 4.74 Å². The average molecular weight is 309 g/mol. The number of methoxy groups -OCH3 is 1. The molecule has 1 aromatic carbocycles. The maximum atomic E-state index is 11.7. The van der Waals surface area contributed by atoms with Gasteiger partial charge in [0.1, 0.15) is 0 Å². The third-order valence-corrected chi connectivity index (χ3v) is 2.88. The molecule has 0 radical (unpaired) electrons. The first kappa shape index (κ1) is 12.6. The van der Waals surface area contributed by atoms with Crippen molar-refractivity contribution in [2.75, 3.05) is 7.11 Å². The van der Waals surface area contributed by atoms with Crippen LogP contribution in [0, 0.1) is 6.92 Å². The molecule has 2 aromatic rings. The third-order valence-electron chi connectivity index (χ3n) is 2.22. The summed E-state index contributed by atoms with van der Waals surface area (Å²) >= 11 is 3.36. The van der Waals surface area contributed by atoms with E-state index in [0.717, 1.165) is 0 Å². The molecule has 0 spiro atoms. The van der Waals surface area contributed by atoms with Crippen LogP contribution >= 0.6 is 15.9 Å². The molecule has 2 rings (SSSR count). The summed E-state index contributed by atoms with van der Waals surface area (Å²) < 4.78 is 5.40. The number of ether oxygens (including phenoxy) is 1. The number of halogens is 1. The zero-order valence-corrected chi connectivity index (χ0v) is 11.3. The van der Waals surface area contributed by atoms with E-state index >= 15 is 0 Å². The van der Waals surface area contributed by atoms with Gasteiger partial charge in [0, 0.05) is 4.47 Å². The van der Waals surface area contributed by atoms with Crippen LogP contribution in [0.3, 0.4) is 0 Å². The molecular weight excluding hydrogens is 300 g/mol. The molecule has 0 bridgehead atoms. The van der Waals surface area contributed by atoms with Crippen molar-refractivity contribution in [3.8, 4) is 11.4 Å². The van der Waals surface area contributed by atoms with E-state index in [9.17, 15) is 4.79 Å². The van der Waals surface area contributed by atoms with E-state index in [-0.39, 0.29) is 5.82 Å². The van der Waals surface area contributed by atoms with E-state index in [1.165, 1.54) is 7.11 Å². The van der Waals surface area contributed by atoms with E-state index in [0.29, 0.717) is 21.4 Å². The average Bonchev–Trinajstić information content (AvgIpc) is 2.39. The highest BCUT2D eigenvalue weighted by Gasteiger charge is 2.18. The normalized spacial score (nSPS) is 10.2. The monoisotopic (exact) mass is 308 g/mol. The summed E-state index contributed by atoms with van der Waals surface area (Å²) in [7, 11) is 1.32. The van der Waals surface area contributed by atoms with Crippen molar-refractivity contribution >= 4 is 21.9 Å². The molecule has 0 aliphatic heterocycles. The molecule has 0 atom stereocenters. The molecule has 6 nitrogen and oxygen atoms in total. The van der Waals surface area contributed by atoms with Gasteiger partial charge in [-0.2, -0.15) is 0 Å². The fourth-order valence-corrected chi connectivity index (χ4v) is 1.95. The molecule has 0 N–H and O–H groups in total. The molecule has 18 heavy (non-hydrogen) atoms. The first-order chi connectivity index (χ1) is 8.63. The van der Waals surface area contributed by atoms with Crippen molar-refractivity contribution in [1.82, 2.24) is 20.4 Å². The van der Waals surface area contributed by atoms with Gasteiger partial charge >= 0.3 is 5.97 Å². The molecule has 0 saturated carbocycles. The molecule has 1 aromatic heterocycles. The topological polar surface area (TPSA) is 77.9 Å². The quantitative estimate of drug-likeness (QED) is 0.787. The van der Waals surface area contributed by atoms with Crippen LogP contribution in [0.15, 0.2) is 22.7 Å². The fraction of sp³-hybridized carbons (Fsp3) is 0.182. The van der Waals surface area contributed by atoms with Gasteiger partial charge in [-0.1, -0.05) is 22.0 Å². The standard InChI is InChI=1S/C11H9BrN4O2/c1-6-13-15-10(16-14-6)9-7(11(17)18-2)4-3-5-8(9)12/h3-5H,1-2H3. The van der Waals surface area contributed by atoms with Gasteiger partial charge in [-0.05, 0) is 19.1 Å². The van der Waals surface area contributed by atoms with Gasteiger partial charge in [-0.15, -0.1) is 20.4 Å². The van der Waals surface area contributed by atoms with Crippen molar-refractivity contribution in [1.29, 1.82) is 0 Å². The summed E-state index contributed by atoms with van der Waals surface area (Å²) in [5, 5.41) is 15.5. The first-order valence-corrected chi connectivity index (χ1v) is 5.84. The van der Waals surface area contributed by atoms with Crippen molar-refractivity contribution in [2.24, 2.45) is 0 Å². The van der Waals surface area contributed by atoms with Crippen LogP contribution in [-0.4, -0.2) is 33.5 Å². The lowest BCUT2D eigenvalue weighted by Gasteiger charge is -2.07. The van der Waals surface area contributed by atoms with Crippen LogP contribution in [0.1, 0.15) is 16.2 Å². The van der Waals surface area contributed by atoms with Crippen molar-refractivity contribution in [3.63, 3.8) is 0 Å². The molecule has 92 valence electrons. The second-order valence-corrected chi connectivity index (χ2v) is 4.28. The van der Waals surface area contributed by atoms with Crippen molar-refractivity contribution < 1.29 is 9.53 Å². The Bertz CT molecular complexity index is 586. The Kier molecular flexibility index (Phi) is 3.61. The predicted octanol–water partition coefficient (Wildman–Crippen LogP) is 1.79. The minimum atomic E-state index is -0.463. The Hall–Kier alpha value is -1.89. The lowest BCUT2D eigenvalue weighted by molar-refractivity contribution is 0.0601. The highest BCUT2D eigenvalue weighted by molar-refractivity contribution is 9.10. The lowest BCUT2D eigenvalue weighted by atomic mass is 10.1. The molecular formula is C11H9BrN4O2. The Morgan fingerprint density at radius 3 is 2.50 bits per heavy atom. The Balaban J connectivity index is 2.62.